The SMILES string of the molecule is CCCCCCC=NNc1ccccc1. The number of hydrazone groups is 1. The van der Waals surface area contributed by atoms with Gasteiger partial charge in [0.1, 0.15) is 0 Å². The van der Waals surface area contributed by atoms with Crippen molar-refractivity contribution in [3.8, 4) is 0 Å². The quantitative estimate of drug-likeness (QED) is 0.404. The van der Waals surface area contributed by atoms with Crippen LogP contribution in [0.1, 0.15) is 39.0 Å². The molecular weight excluding hydrogens is 184 g/mol. The van der Waals surface area contributed by atoms with Crippen molar-refractivity contribution in [2.75, 3.05) is 5.43 Å². The van der Waals surface area contributed by atoms with Gasteiger partial charge in [-0.25, -0.2) is 0 Å². The van der Waals surface area contributed by atoms with Gasteiger partial charge in [0, 0.05) is 6.21 Å². The minimum Gasteiger partial charge on any atom is -0.279 e. The zero-order valence-electron chi connectivity index (χ0n) is 9.45. The summed E-state index contributed by atoms with van der Waals surface area (Å²) in [6.07, 6.45) is 8.21. The molecule has 0 atom stereocenters. The maximum atomic E-state index is 4.16. The van der Waals surface area contributed by atoms with Gasteiger partial charge >= 0.3 is 0 Å². The Balaban J connectivity index is 2.07. The Bertz CT molecular complexity index is 267. The summed E-state index contributed by atoms with van der Waals surface area (Å²) < 4.78 is 0. The van der Waals surface area contributed by atoms with E-state index in [1.54, 1.807) is 0 Å². The van der Waals surface area contributed by atoms with E-state index in [0.717, 1.165) is 12.1 Å². The third-order valence-corrected chi connectivity index (χ3v) is 2.25. The molecule has 0 aliphatic carbocycles. The fraction of sp³-hybridized carbons (Fsp3) is 0.462. The molecule has 0 aliphatic heterocycles. The molecule has 1 aromatic carbocycles. The summed E-state index contributed by atoms with van der Waals surface area (Å²) in [7, 11) is 0. The molecule has 2 nitrogen and oxygen atoms in total. The number of nitrogens with one attached hydrogen (secondary N) is 1. The average Bonchev–Trinajstić information content (AvgIpc) is 2.29. The summed E-state index contributed by atoms with van der Waals surface area (Å²) in [5.74, 6) is 0. The van der Waals surface area contributed by atoms with Crippen LogP contribution in [-0.2, 0) is 0 Å². The molecule has 0 fully saturated rings. The molecule has 0 aliphatic rings. The highest BCUT2D eigenvalue weighted by Crippen LogP contribution is 2.04. The molecule has 0 aromatic heterocycles. The van der Waals surface area contributed by atoms with Crippen LogP contribution in [0.4, 0.5) is 5.69 Å². The molecule has 1 rings (SSSR count). The average molecular weight is 204 g/mol. The predicted molar refractivity (Wildman–Crippen MR) is 67.3 cm³/mol. The van der Waals surface area contributed by atoms with Crippen molar-refractivity contribution in [2.45, 2.75) is 39.0 Å². The summed E-state index contributed by atoms with van der Waals surface area (Å²) in [6.45, 7) is 2.23. The highest BCUT2D eigenvalue weighted by Gasteiger charge is 1.86. The van der Waals surface area contributed by atoms with Gasteiger partial charge in [0.25, 0.3) is 0 Å². The van der Waals surface area contributed by atoms with E-state index in [0.29, 0.717) is 0 Å². The molecule has 0 radical (unpaired) electrons. The molecule has 0 saturated heterocycles. The van der Waals surface area contributed by atoms with Gasteiger partial charge in [0.15, 0.2) is 0 Å². The van der Waals surface area contributed by atoms with Gasteiger partial charge in [-0.3, -0.25) is 5.43 Å². The van der Waals surface area contributed by atoms with Crippen molar-refractivity contribution in [3.63, 3.8) is 0 Å². The molecule has 1 N–H and O–H groups in total. The number of rotatable bonds is 7. The van der Waals surface area contributed by atoms with Gasteiger partial charge in [-0.1, -0.05) is 44.4 Å². The minimum atomic E-state index is 1.04. The van der Waals surface area contributed by atoms with E-state index in [-0.39, 0.29) is 0 Å². The maximum Gasteiger partial charge on any atom is 0.0561 e. The zero-order chi connectivity index (χ0) is 10.8. The number of unbranched alkanes of at least 4 members (excludes halogenated alkanes) is 4. The van der Waals surface area contributed by atoms with Gasteiger partial charge < -0.3 is 0 Å². The first-order chi connectivity index (χ1) is 7.43. The van der Waals surface area contributed by atoms with Gasteiger partial charge in [-0.2, -0.15) is 5.10 Å². The number of hydrogen-bond donors (Lipinski definition) is 1. The summed E-state index contributed by atoms with van der Waals surface area (Å²) in [4.78, 5) is 0. The number of nitrogens with zero attached hydrogens (tertiary/aromatic N) is 1. The molecule has 0 amide bonds. The molecule has 1 aromatic rings. The van der Waals surface area contributed by atoms with E-state index in [1.807, 2.05) is 36.5 Å². The van der Waals surface area contributed by atoms with Crippen molar-refractivity contribution >= 4 is 11.9 Å². The number of para-hydroxylation sites is 1. The van der Waals surface area contributed by atoms with Gasteiger partial charge in [0.05, 0.1) is 5.69 Å². The molecule has 2 heteroatoms. The second-order valence-corrected chi connectivity index (χ2v) is 3.64. The molecule has 0 unspecified atom stereocenters. The van der Waals surface area contributed by atoms with Crippen LogP contribution in [0.15, 0.2) is 35.4 Å². The van der Waals surface area contributed by atoms with Crippen LogP contribution in [0.25, 0.3) is 0 Å². The number of hydrogen-bond acceptors (Lipinski definition) is 2. The molecule has 82 valence electrons. The summed E-state index contributed by atoms with van der Waals surface area (Å²) in [5.41, 5.74) is 4.05. The zero-order valence-corrected chi connectivity index (χ0v) is 9.45. The Hall–Kier alpha value is -1.31. The van der Waals surface area contributed by atoms with Crippen LogP contribution >= 0.6 is 0 Å². The molecule has 0 saturated carbocycles. The topological polar surface area (TPSA) is 24.4 Å². The Morgan fingerprint density at radius 2 is 1.93 bits per heavy atom. The van der Waals surface area contributed by atoms with Crippen molar-refractivity contribution in [3.05, 3.63) is 30.3 Å². The lowest BCUT2D eigenvalue weighted by molar-refractivity contribution is 0.685. The van der Waals surface area contributed by atoms with Crippen LogP contribution < -0.4 is 5.43 Å². The Morgan fingerprint density at radius 3 is 2.67 bits per heavy atom. The number of anilines is 1. The van der Waals surface area contributed by atoms with Crippen LogP contribution in [0, 0.1) is 0 Å². The van der Waals surface area contributed by atoms with Crippen LogP contribution in [0.3, 0.4) is 0 Å². The minimum absolute atomic E-state index is 1.04. The van der Waals surface area contributed by atoms with Crippen LogP contribution in [0.2, 0.25) is 0 Å². The van der Waals surface area contributed by atoms with E-state index in [4.69, 9.17) is 0 Å². The van der Waals surface area contributed by atoms with Crippen molar-refractivity contribution < 1.29 is 0 Å². The fourth-order valence-corrected chi connectivity index (χ4v) is 1.36. The summed E-state index contributed by atoms with van der Waals surface area (Å²) in [5, 5.41) is 4.16. The highest BCUT2D eigenvalue weighted by molar-refractivity contribution is 5.59. The molecule has 0 spiro atoms. The van der Waals surface area contributed by atoms with E-state index in [9.17, 15) is 0 Å². The largest absolute Gasteiger partial charge is 0.279 e. The van der Waals surface area contributed by atoms with E-state index in [2.05, 4.69) is 17.5 Å². The van der Waals surface area contributed by atoms with Crippen molar-refractivity contribution in [1.29, 1.82) is 0 Å². The summed E-state index contributed by atoms with van der Waals surface area (Å²) >= 11 is 0. The summed E-state index contributed by atoms with van der Waals surface area (Å²) in [6, 6.07) is 10.0. The first-order valence-corrected chi connectivity index (χ1v) is 5.76. The van der Waals surface area contributed by atoms with E-state index >= 15 is 0 Å². The molecule has 0 bridgehead atoms. The highest BCUT2D eigenvalue weighted by atomic mass is 15.3. The van der Waals surface area contributed by atoms with Crippen LogP contribution in [-0.4, -0.2) is 6.21 Å². The van der Waals surface area contributed by atoms with E-state index < -0.39 is 0 Å². The second-order valence-electron chi connectivity index (χ2n) is 3.64. The lowest BCUT2D eigenvalue weighted by atomic mass is 10.2. The van der Waals surface area contributed by atoms with Crippen molar-refractivity contribution in [1.82, 2.24) is 0 Å². The fourth-order valence-electron chi connectivity index (χ4n) is 1.36. The molecule has 15 heavy (non-hydrogen) atoms. The van der Waals surface area contributed by atoms with Gasteiger partial charge in [-0.05, 0) is 25.0 Å². The smallest absolute Gasteiger partial charge is 0.0561 e. The van der Waals surface area contributed by atoms with Gasteiger partial charge in [0.2, 0.25) is 0 Å². The first kappa shape index (κ1) is 11.8. The molecular formula is C13H20N2. The Labute approximate surface area is 92.4 Å². The normalized spacial score (nSPS) is 10.7. The second kappa shape index (κ2) is 8.04. The third-order valence-electron chi connectivity index (χ3n) is 2.25. The lowest BCUT2D eigenvalue weighted by Crippen LogP contribution is -1.88. The monoisotopic (exact) mass is 204 g/mol. The maximum absolute atomic E-state index is 4.16. The standard InChI is InChI=1S/C13H20N2/c1-2-3-4-5-9-12-14-15-13-10-7-6-8-11-13/h6-8,10-12,15H,2-5,9H2,1H3. The van der Waals surface area contributed by atoms with Crippen LogP contribution in [0.5, 0.6) is 0 Å². The van der Waals surface area contributed by atoms with Crippen molar-refractivity contribution in [2.24, 2.45) is 5.10 Å². The number of benzene rings is 1. The molecule has 0 heterocycles. The van der Waals surface area contributed by atoms with E-state index in [1.165, 1.54) is 25.7 Å². The Morgan fingerprint density at radius 1 is 1.13 bits per heavy atom. The van der Waals surface area contributed by atoms with Gasteiger partial charge in [-0.15, -0.1) is 0 Å². The first-order valence-electron chi connectivity index (χ1n) is 5.76. The Kier molecular flexibility index (Phi) is 6.30. The third kappa shape index (κ3) is 5.89. The predicted octanol–water partition coefficient (Wildman–Crippen LogP) is 4.05. The lowest BCUT2D eigenvalue weighted by Gasteiger charge is -1.98.